The lowest BCUT2D eigenvalue weighted by molar-refractivity contribution is 0.0935. The fraction of sp³-hybridized carbons (Fsp3) is 0.308. The van der Waals surface area contributed by atoms with Crippen LogP contribution in [0.25, 0.3) is 0 Å². The highest BCUT2D eigenvalue weighted by Gasteiger charge is 2.16. The highest BCUT2D eigenvalue weighted by atomic mass is 35.5. The van der Waals surface area contributed by atoms with Crippen LogP contribution in [-0.4, -0.2) is 11.9 Å². The van der Waals surface area contributed by atoms with Gasteiger partial charge in [0.1, 0.15) is 0 Å². The number of allylic oxidation sites excluding steroid dienone is 1. The molecule has 3 nitrogen and oxygen atoms in total. The first kappa shape index (κ1) is 12.0. The molecule has 1 aromatic carbocycles. The number of rotatable bonds is 2. The molecule has 17 heavy (non-hydrogen) atoms. The lowest BCUT2D eigenvalue weighted by atomic mass is 10.0. The third-order valence-electron chi connectivity index (χ3n) is 2.90. The molecule has 90 valence electrons. The summed E-state index contributed by atoms with van der Waals surface area (Å²) < 4.78 is 0. The Morgan fingerprint density at radius 1 is 1.41 bits per heavy atom. The van der Waals surface area contributed by atoms with Crippen LogP contribution in [0.3, 0.4) is 0 Å². The van der Waals surface area contributed by atoms with Gasteiger partial charge in [-0.05, 0) is 31.4 Å². The zero-order valence-corrected chi connectivity index (χ0v) is 10.2. The van der Waals surface area contributed by atoms with Crippen molar-refractivity contribution in [2.45, 2.75) is 25.3 Å². The average molecular weight is 251 g/mol. The van der Waals surface area contributed by atoms with Crippen molar-refractivity contribution in [1.82, 2.24) is 5.32 Å². The molecule has 1 unspecified atom stereocenters. The molecular formula is C13H15ClN2O. The number of amides is 1. The number of para-hydroxylation sites is 1. The monoisotopic (exact) mass is 250 g/mol. The zero-order valence-electron chi connectivity index (χ0n) is 9.45. The molecule has 1 amide bonds. The first-order valence-electron chi connectivity index (χ1n) is 5.68. The Bertz CT molecular complexity index is 457. The van der Waals surface area contributed by atoms with E-state index in [1.165, 1.54) is 0 Å². The van der Waals surface area contributed by atoms with E-state index in [9.17, 15) is 4.79 Å². The summed E-state index contributed by atoms with van der Waals surface area (Å²) in [7, 11) is 0. The van der Waals surface area contributed by atoms with E-state index in [1.807, 2.05) is 0 Å². The Morgan fingerprint density at radius 2 is 2.24 bits per heavy atom. The van der Waals surface area contributed by atoms with Crippen molar-refractivity contribution in [1.29, 1.82) is 0 Å². The van der Waals surface area contributed by atoms with Gasteiger partial charge in [0.05, 0.1) is 16.3 Å². The summed E-state index contributed by atoms with van der Waals surface area (Å²) in [6.07, 6.45) is 7.09. The van der Waals surface area contributed by atoms with Gasteiger partial charge in [-0.25, -0.2) is 0 Å². The maximum atomic E-state index is 12.0. The van der Waals surface area contributed by atoms with E-state index in [4.69, 9.17) is 17.3 Å². The van der Waals surface area contributed by atoms with Gasteiger partial charge >= 0.3 is 0 Å². The SMILES string of the molecule is Nc1c(Cl)cccc1C(=O)NC1CC=CCC1. The van der Waals surface area contributed by atoms with Crippen LogP contribution in [0, 0.1) is 0 Å². The summed E-state index contributed by atoms with van der Waals surface area (Å²) in [6, 6.07) is 5.30. The zero-order chi connectivity index (χ0) is 12.3. The van der Waals surface area contributed by atoms with Crippen LogP contribution >= 0.6 is 11.6 Å². The van der Waals surface area contributed by atoms with Crippen molar-refractivity contribution in [3.63, 3.8) is 0 Å². The number of carbonyl (C=O) groups is 1. The van der Waals surface area contributed by atoms with E-state index in [1.54, 1.807) is 18.2 Å². The lowest BCUT2D eigenvalue weighted by Gasteiger charge is -2.19. The van der Waals surface area contributed by atoms with Gasteiger partial charge in [0.2, 0.25) is 0 Å². The van der Waals surface area contributed by atoms with E-state index in [0.29, 0.717) is 16.3 Å². The number of halogens is 1. The number of nitrogens with one attached hydrogen (secondary N) is 1. The smallest absolute Gasteiger partial charge is 0.253 e. The predicted molar refractivity (Wildman–Crippen MR) is 70.1 cm³/mol. The molecule has 0 heterocycles. The van der Waals surface area contributed by atoms with Crippen LogP contribution in [0.4, 0.5) is 5.69 Å². The lowest BCUT2D eigenvalue weighted by Crippen LogP contribution is -2.35. The summed E-state index contributed by atoms with van der Waals surface area (Å²) >= 11 is 5.88. The van der Waals surface area contributed by atoms with Crippen LogP contribution in [0.5, 0.6) is 0 Å². The van der Waals surface area contributed by atoms with Gasteiger partial charge in [0, 0.05) is 6.04 Å². The topological polar surface area (TPSA) is 55.1 Å². The molecule has 1 aliphatic carbocycles. The van der Waals surface area contributed by atoms with Gasteiger partial charge in [-0.1, -0.05) is 29.8 Å². The summed E-state index contributed by atoms with van der Waals surface area (Å²) in [4.78, 5) is 12.0. The predicted octanol–water partition coefficient (Wildman–Crippen LogP) is 2.76. The van der Waals surface area contributed by atoms with Crippen molar-refractivity contribution in [3.8, 4) is 0 Å². The van der Waals surface area contributed by atoms with Crippen LogP contribution in [-0.2, 0) is 0 Å². The van der Waals surface area contributed by atoms with Crippen molar-refractivity contribution in [2.24, 2.45) is 0 Å². The number of benzene rings is 1. The molecule has 0 fully saturated rings. The molecular weight excluding hydrogens is 236 g/mol. The largest absolute Gasteiger partial charge is 0.397 e. The number of nitrogen functional groups attached to an aromatic ring is 1. The molecule has 0 spiro atoms. The van der Waals surface area contributed by atoms with Crippen LogP contribution in [0.2, 0.25) is 5.02 Å². The highest BCUT2D eigenvalue weighted by molar-refractivity contribution is 6.33. The molecule has 2 rings (SSSR count). The number of hydrogen-bond acceptors (Lipinski definition) is 2. The molecule has 0 bridgehead atoms. The summed E-state index contributed by atoms with van der Waals surface area (Å²) in [5, 5.41) is 3.39. The van der Waals surface area contributed by atoms with Crippen LogP contribution in [0.1, 0.15) is 29.6 Å². The molecule has 1 aromatic rings. The number of nitrogens with two attached hydrogens (primary N) is 1. The molecule has 1 atom stereocenters. The third kappa shape index (κ3) is 2.80. The van der Waals surface area contributed by atoms with E-state index in [0.717, 1.165) is 19.3 Å². The quantitative estimate of drug-likeness (QED) is 0.626. The molecule has 3 N–H and O–H groups in total. The molecule has 4 heteroatoms. The maximum absolute atomic E-state index is 12.0. The number of carbonyl (C=O) groups excluding carboxylic acids is 1. The number of anilines is 1. The minimum Gasteiger partial charge on any atom is -0.397 e. The van der Waals surface area contributed by atoms with Crippen molar-refractivity contribution >= 4 is 23.2 Å². The fourth-order valence-electron chi connectivity index (χ4n) is 1.92. The highest BCUT2D eigenvalue weighted by Crippen LogP contribution is 2.22. The molecule has 0 radical (unpaired) electrons. The molecule has 0 saturated heterocycles. The van der Waals surface area contributed by atoms with Gasteiger partial charge in [-0.2, -0.15) is 0 Å². The van der Waals surface area contributed by atoms with Crippen molar-refractivity contribution < 1.29 is 4.79 Å². The van der Waals surface area contributed by atoms with Crippen molar-refractivity contribution in [2.75, 3.05) is 5.73 Å². The molecule has 0 aliphatic heterocycles. The maximum Gasteiger partial charge on any atom is 0.253 e. The molecule has 0 saturated carbocycles. The summed E-state index contributed by atoms with van der Waals surface area (Å²) in [6.45, 7) is 0. The van der Waals surface area contributed by atoms with Gasteiger partial charge < -0.3 is 11.1 Å². The van der Waals surface area contributed by atoms with Gasteiger partial charge in [-0.15, -0.1) is 0 Å². The fourth-order valence-corrected chi connectivity index (χ4v) is 2.10. The van der Waals surface area contributed by atoms with Gasteiger partial charge in [0.25, 0.3) is 5.91 Å². The Hall–Kier alpha value is -1.48. The first-order valence-corrected chi connectivity index (χ1v) is 6.06. The Morgan fingerprint density at radius 3 is 2.94 bits per heavy atom. The summed E-state index contributed by atoms with van der Waals surface area (Å²) in [5.74, 6) is -0.148. The minimum atomic E-state index is -0.148. The molecule has 0 aromatic heterocycles. The standard InChI is InChI=1S/C13H15ClN2O/c14-11-8-4-7-10(12(11)15)13(17)16-9-5-2-1-3-6-9/h1-2,4,7-9H,3,5-6,15H2,(H,16,17). The Labute approximate surface area is 106 Å². The number of hydrogen-bond donors (Lipinski definition) is 2. The second-order valence-corrected chi connectivity index (χ2v) is 4.56. The van der Waals surface area contributed by atoms with Gasteiger partial charge in [-0.3, -0.25) is 4.79 Å². The minimum absolute atomic E-state index is 0.148. The summed E-state index contributed by atoms with van der Waals surface area (Å²) in [5.41, 5.74) is 6.58. The van der Waals surface area contributed by atoms with E-state index < -0.39 is 0 Å². The second kappa shape index (κ2) is 5.23. The first-order chi connectivity index (χ1) is 8.18. The third-order valence-corrected chi connectivity index (χ3v) is 3.23. The Balaban J connectivity index is 2.09. The average Bonchev–Trinajstić information content (AvgIpc) is 2.34. The molecule has 1 aliphatic rings. The van der Waals surface area contributed by atoms with Crippen LogP contribution < -0.4 is 11.1 Å². The van der Waals surface area contributed by atoms with E-state index >= 15 is 0 Å². The van der Waals surface area contributed by atoms with Gasteiger partial charge in [0.15, 0.2) is 0 Å². The normalized spacial score (nSPS) is 19.0. The van der Waals surface area contributed by atoms with E-state index in [-0.39, 0.29) is 11.9 Å². The van der Waals surface area contributed by atoms with E-state index in [2.05, 4.69) is 17.5 Å². The van der Waals surface area contributed by atoms with Crippen molar-refractivity contribution in [3.05, 3.63) is 40.9 Å². The van der Waals surface area contributed by atoms with Crippen LogP contribution in [0.15, 0.2) is 30.4 Å². The second-order valence-electron chi connectivity index (χ2n) is 4.16. The Kier molecular flexibility index (Phi) is 3.69.